The molecule has 4 fully saturated rings. The Kier molecular flexibility index (Phi) is 7.99. The molecule has 4 heteroatoms. The molecule has 6 rings (SSSR count). The Morgan fingerprint density at radius 3 is 2.39 bits per heavy atom. The Morgan fingerprint density at radius 1 is 0.932 bits per heavy atom. The number of hydrogen-bond donors (Lipinski definition) is 1. The van der Waals surface area contributed by atoms with Crippen molar-refractivity contribution in [1.29, 1.82) is 0 Å². The van der Waals surface area contributed by atoms with Crippen molar-refractivity contribution in [3.8, 4) is 5.75 Å². The van der Waals surface area contributed by atoms with Crippen molar-refractivity contribution in [3.63, 3.8) is 0 Å². The van der Waals surface area contributed by atoms with Crippen molar-refractivity contribution in [1.82, 2.24) is 5.32 Å². The molecule has 1 aromatic carbocycles. The smallest absolute Gasteiger partial charge is 0.330 e. The van der Waals surface area contributed by atoms with Crippen molar-refractivity contribution in [2.24, 2.45) is 44.8 Å². The molecule has 0 amide bonds. The third-order valence-corrected chi connectivity index (χ3v) is 14.5. The molecular formula is C40H59NO3. The van der Waals surface area contributed by atoms with Gasteiger partial charge in [-0.25, -0.2) is 4.79 Å². The van der Waals surface area contributed by atoms with Gasteiger partial charge in [0.25, 0.3) is 0 Å². The Balaban J connectivity index is 1.27. The van der Waals surface area contributed by atoms with Crippen LogP contribution in [0.5, 0.6) is 5.75 Å². The van der Waals surface area contributed by atoms with Gasteiger partial charge in [-0.05, 0) is 148 Å². The molecule has 242 valence electrons. The summed E-state index contributed by atoms with van der Waals surface area (Å²) < 4.78 is 11.4. The highest BCUT2D eigenvalue weighted by molar-refractivity contribution is 5.87. The highest BCUT2D eigenvalue weighted by Gasteiger charge is 2.67. The number of methoxy groups -OCH3 is 1. The molecule has 7 atom stereocenters. The van der Waals surface area contributed by atoms with Crippen molar-refractivity contribution < 1.29 is 14.3 Å². The summed E-state index contributed by atoms with van der Waals surface area (Å²) in [6.07, 6.45) is 18.6. The third kappa shape index (κ3) is 5.10. The van der Waals surface area contributed by atoms with Crippen molar-refractivity contribution in [2.45, 2.75) is 118 Å². The molecule has 1 aliphatic heterocycles. The van der Waals surface area contributed by atoms with Crippen LogP contribution in [0, 0.1) is 44.8 Å². The Labute approximate surface area is 267 Å². The van der Waals surface area contributed by atoms with E-state index in [1.165, 1.54) is 51.4 Å². The van der Waals surface area contributed by atoms with Gasteiger partial charge < -0.3 is 14.8 Å². The minimum Gasteiger partial charge on any atom is -0.497 e. The van der Waals surface area contributed by atoms with E-state index in [-0.39, 0.29) is 22.3 Å². The van der Waals surface area contributed by atoms with Crippen molar-refractivity contribution >= 4 is 12.0 Å². The lowest BCUT2D eigenvalue weighted by Crippen LogP contribution is -2.64. The van der Waals surface area contributed by atoms with E-state index in [1.54, 1.807) is 18.8 Å². The van der Waals surface area contributed by atoms with Gasteiger partial charge in [0, 0.05) is 17.0 Å². The highest BCUT2D eigenvalue weighted by atomic mass is 16.5. The molecule has 5 aliphatic rings. The first kappa shape index (κ1) is 31.9. The van der Waals surface area contributed by atoms with Gasteiger partial charge in [-0.2, -0.15) is 0 Å². The lowest BCUT2D eigenvalue weighted by molar-refractivity contribution is -0.167. The molecule has 44 heavy (non-hydrogen) atoms. The Hall–Kier alpha value is -2.07. The van der Waals surface area contributed by atoms with E-state index in [1.807, 2.05) is 30.3 Å². The van der Waals surface area contributed by atoms with Crippen molar-refractivity contribution in [2.75, 3.05) is 20.3 Å². The standard InChI is InChI=1S/C40H59NO3/c1-35(2)21-23-40(27-44-34(42)17-12-28-10-13-29(43-8)14-11-28)24-22-38(6)30(31(40)26-35)15-16-33-37(5)19-9-25-41-36(3,4)32(37)18-20-39(33,38)7/h10-15,17,31-33,41H,9,16,18-27H2,1-8H3/b17-12+/t31-,32+,33-,37+,38-,39-,40-/m1/s1. The maximum absolute atomic E-state index is 13.1. The number of hydrogen-bond acceptors (Lipinski definition) is 4. The summed E-state index contributed by atoms with van der Waals surface area (Å²) in [6, 6.07) is 7.76. The minimum absolute atomic E-state index is 0.0446. The quantitative estimate of drug-likeness (QED) is 0.207. The van der Waals surface area contributed by atoms with Gasteiger partial charge in [-0.3, -0.25) is 0 Å². The molecule has 4 aliphatic carbocycles. The van der Waals surface area contributed by atoms with Gasteiger partial charge in [0.2, 0.25) is 0 Å². The molecular weight excluding hydrogens is 542 g/mol. The third-order valence-electron chi connectivity index (χ3n) is 14.5. The van der Waals surface area contributed by atoms with E-state index in [0.717, 1.165) is 36.6 Å². The molecule has 3 saturated carbocycles. The minimum atomic E-state index is -0.229. The van der Waals surface area contributed by atoms with Gasteiger partial charge in [-0.15, -0.1) is 0 Å². The van der Waals surface area contributed by atoms with E-state index < -0.39 is 0 Å². The van der Waals surface area contributed by atoms with Crippen molar-refractivity contribution in [3.05, 3.63) is 47.6 Å². The van der Waals surface area contributed by atoms with Crippen LogP contribution >= 0.6 is 0 Å². The van der Waals surface area contributed by atoms with E-state index in [9.17, 15) is 4.79 Å². The zero-order chi connectivity index (χ0) is 31.6. The predicted octanol–water partition coefficient (Wildman–Crippen LogP) is 9.40. The summed E-state index contributed by atoms with van der Waals surface area (Å²) in [6.45, 7) is 19.6. The van der Waals surface area contributed by atoms with Crippen LogP contribution in [0.4, 0.5) is 0 Å². The summed E-state index contributed by atoms with van der Waals surface area (Å²) in [7, 11) is 1.66. The number of carbonyl (C=O) groups is 1. The fourth-order valence-electron chi connectivity index (χ4n) is 11.7. The fourth-order valence-corrected chi connectivity index (χ4v) is 11.7. The van der Waals surface area contributed by atoms with Gasteiger partial charge >= 0.3 is 5.97 Å². The molecule has 0 spiro atoms. The molecule has 4 nitrogen and oxygen atoms in total. The van der Waals surface area contributed by atoms with Crippen LogP contribution in [0.3, 0.4) is 0 Å². The summed E-state index contributed by atoms with van der Waals surface area (Å²) in [4.78, 5) is 13.1. The van der Waals surface area contributed by atoms with E-state index >= 15 is 0 Å². The van der Waals surface area contributed by atoms with E-state index in [2.05, 4.69) is 59.9 Å². The Morgan fingerprint density at radius 2 is 1.66 bits per heavy atom. The van der Waals surface area contributed by atoms with Crippen LogP contribution in [0.1, 0.15) is 118 Å². The maximum atomic E-state index is 13.1. The monoisotopic (exact) mass is 601 g/mol. The fraction of sp³-hybridized carbons (Fsp3) is 0.725. The average Bonchev–Trinajstić information content (AvgIpc) is 3.10. The predicted molar refractivity (Wildman–Crippen MR) is 180 cm³/mol. The lowest BCUT2D eigenvalue weighted by Gasteiger charge is -2.70. The van der Waals surface area contributed by atoms with Crippen LogP contribution in [-0.4, -0.2) is 31.8 Å². The molecule has 0 unspecified atom stereocenters. The van der Waals surface area contributed by atoms with E-state index in [4.69, 9.17) is 9.47 Å². The number of fused-ring (bicyclic) bond motifs is 7. The number of rotatable bonds is 5. The van der Waals surface area contributed by atoms with Gasteiger partial charge in [0.15, 0.2) is 0 Å². The van der Waals surface area contributed by atoms with E-state index in [0.29, 0.717) is 34.7 Å². The first-order chi connectivity index (χ1) is 20.7. The summed E-state index contributed by atoms with van der Waals surface area (Å²) in [5, 5.41) is 3.95. The second-order valence-corrected chi connectivity index (χ2v) is 17.5. The summed E-state index contributed by atoms with van der Waals surface area (Å²) >= 11 is 0. The zero-order valence-corrected chi connectivity index (χ0v) is 29.0. The molecule has 1 N–H and O–H groups in total. The maximum Gasteiger partial charge on any atom is 0.330 e. The van der Waals surface area contributed by atoms with Crippen LogP contribution in [0.2, 0.25) is 0 Å². The lowest BCUT2D eigenvalue weighted by atomic mass is 9.35. The van der Waals surface area contributed by atoms with Crippen LogP contribution < -0.4 is 10.1 Å². The van der Waals surface area contributed by atoms with Crippen LogP contribution in [0.25, 0.3) is 6.08 Å². The molecule has 1 aromatic rings. The second-order valence-electron chi connectivity index (χ2n) is 17.5. The largest absolute Gasteiger partial charge is 0.497 e. The highest BCUT2D eigenvalue weighted by Crippen LogP contribution is 2.74. The van der Waals surface area contributed by atoms with Gasteiger partial charge in [-0.1, -0.05) is 58.4 Å². The number of carbonyl (C=O) groups excluding carboxylic acids is 1. The molecule has 0 radical (unpaired) electrons. The normalized spacial score (nSPS) is 40.8. The van der Waals surface area contributed by atoms with Crippen LogP contribution in [-0.2, 0) is 9.53 Å². The number of benzene rings is 1. The zero-order valence-electron chi connectivity index (χ0n) is 29.0. The molecule has 1 saturated heterocycles. The number of ether oxygens (including phenoxy) is 2. The topological polar surface area (TPSA) is 47.6 Å². The SMILES string of the molecule is COc1ccc(/C=C/C(=O)OC[C@]23CCC(C)(C)C[C@@H]2C2=CC[C@@H]4[C@@]5(C)CCCNC(C)(C)[C@@H]5CC[C@@]4(C)[C@]2(C)CC3)cc1. The average molecular weight is 602 g/mol. The number of allylic oxidation sites excluding steroid dienone is 2. The van der Waals surface area contributed by atoms with Crippen LogP contribution in [0.15, 0.2) is 42.0 Å². The molecule has 0 bridgehead atoms. The summed E-state index contributed by atoms with van der Waals surface area (Å²) in [5.74, 6) is 2.50. The summed E-state index contributed by atoms with van der Waals surface area (Å²) in [5.41, 5.74) is 4.11. The number of esters is 1. The number of nitrogens with one attached hydrogen (secondary N) is 1. The molecule has 1 heterocycles. The van der Waals surface area contributed by atoms with Gasteiger partial charge in [0.1, 0.15) is 5.75 Å². The molecule has 0 aromatic heterocycles. The second kappa shape index (κ2) is 11.0. The van der Waals surface area contributed by atoms with Gasteiger partial charge in [0.05, 0.1) is 13.7 Å². The Bertz CT molecular complexity index is 1310. The first-order valence-electron chi connectivity index (χ1n) is 17.6. The first-order valence-corrected chi connectivity index (χ1v) is 17.6.